The number of aliphatic hydroxyl groups excluding tert-OH is 4. The summed E-state index contributed by atoms with van der Waals surface area (Å²) in [6, 6.07) is 0. The molecular formula is C5H16O7PS+. The van der Waals surface area contributed by atoms with Crippen LogP contribution in [0, 0.1) is 0 Å². The predicted molar refractivity (Wildman–Crippen MR) is 52.7 cm³/mol. The summed E-state index contributed by atoms with van der Waals surface area (Å²) in [7, 11) is -5.86. The van der Waals surface area contributed by atoms with Crippen molar-refractivity contribution in [3.8, 4) is 0 Å². The molecule has 0 rings (SSSR count). The van der Waals surface area contributed by atoms with Crippen molar-refractivity contribution in [2.75, 3.05) is 31.6 Å². The number of hydrogen-bond acceptors (Lipinski definition) is 6. The highest BCUT2D eigenvalue weighted by Crippen LogP contribution is 2.54. The fourth-order valence-corrected chi connectivity index (χ4v) is 0.805. The van der Waals surface area contributed by atoms with Crippen molar-refractivity contribution in [2.45, 2.75) is 0 Å². The lowest BCUT2D eigenvalue weighted by molar-refractivity contribution is 0.288. The van der Waals surface area contributed by atoms with E-state index < -0.39 is 17.4 Å². The van der Waals surface area contributed by atoms with Gasteiger partial charge in [0.05, 0.1) is 6.26 Å². The molecule has 7 nitrogen and oxygen atoms in total. The summed E-state index contributed by atoms with van der Waals surface area (Å²) < 4.78 is 25.9. The summed E-state index contributed by atoms with van der Waals surface area (Å²) in [6.45, 7) is 0. The molecule has 0 saturated heterocycles. The highest BCUT2D eigenvalue weighted by Gasteiger charge is 2.34. The Morgan fingerprint density at radius 3 is 1.07 bits per heavy atom. The van der Waals surface area contributed by atoms with E-state index in [9.17, 15) is 8.42 Å². The van der Waals surface area contributed by atoms with Crippen molar-refractivity contribution in [2.24, 2.45) is 0 Å². The molecule has 0 saturated carbocycles. The van der Waals surface area contributed by atoms with Crippen molar-refractivity contribution >= 4 is 17.4 Å². The van der Waals surface area contributed by atoms with Gasteiger partial charge in [0.2, 0.25) is 0 Å². The van der Waals surface area contributed by atoms with Crippen LogP contribution in [-0.2, 0) is 10.1 Å². The van der Waals surface area contributed by atoms with E-state index in [2.05, 4.69) is 0 Å². The number of aliphatic hydroxyl groups is 4. The van der Waals surface area contributed by atoms with Gasteiger partial charge in [-0.15, -0.1) is 0 Å². The van der Waals surface area contributed by atoms with E-state index in [0.29, 0.717) is 6.26 Å². The third-order valence-corrected chi connectivity index (χ3v) is 3.60. The second-order valence-corrected chi connectivity index (χ2v) is 7.92. The van der Waals surface area contributed by atoms with Gasteiger partial charge >= 0.3 is 0 Å². The standard InChI is InChI=1S/C4H12O4P.CH4O3S/c5-1-9(2-6,3-7)4-8;1-5(2,3)4/h5-8H,1-4H2;1H3,(H,2,3,4)/q+1;. The van der Waals surface area contributed by atoms with Crippen molar-refractivity contribution in [1.82, 2.24) is 0 Å². The average Bonchev–Trinajstić information content (AvgIpc) is 2.07. The van der Waals surface area contributed by atoms with Crippen molar-refractivity contribution in [3.05, 3.63) is 0 Å². The van der Waals surface area contributed by atoms with Gasteiger partial charge in [0.25, 0.3) is 10.1 Å². The molecular weight excluding hydrogens is 235 g/mol. The third kappa shape index (κ3) is 10.3. The maximum atomic E-state index is 9.19. The molecule has 0 aromatic rings. The van der Waals surface area contributed by atoms with Crippen molar-refractivity contribution < 1.29 is 33.4 Å². The van der Waals surface area contributed by atoms with Crippen LogP contribution in [-0.4, -0.2) is 65.0 Å². The highest BCUT2D eigenvalue weighted by molar-refractivity contribution is 7.85. The second-order valence-electron chi connectivity index (χ2n) is 2.64. The minimum absolute atomic E-state index is 0.295. The first-order valence-electron chi connectivity index (χ1n) is 3.45. The molecule has 0 amide bonds. The van der Waals surface area contributed by atoms with Crippen molar-refractivity contribution in [3.63, 3.8) is 0 Å². The molecule has 0 aliphatic rings. The van der Waals surface area contributed by atoms with Crippen LogP contribution in [0.2, 0.25) is 0 Å². The maximum absolute atomic E-state index is 9.19. The summed E-state index contributed by atoms with van der Waals surface area (Å²) in [5.74, 6) is 0. The van der Waals surface area contributed by atoms with Gasteiger partial charge < -0.3 is 20.4 Å². The number of rotatable bonds is 4. The zero-order chi connectivity index (χ0) is 11.8. The van der Waals surface area contributed by atoms with Gasteiger partial charge in [-0.05, 0) is 0 Å². The van der Waals surface area contributed by atoms with Crippen LogP contribution in [0.5, 0.6) is 0 Å². The van der Waals surface area contributed by atoms with E-state index >= 15 is 0 Å². The normalized spacial score (nSPS) is 11.9. The van der Waals surface area contributed by atoms with Gasteiger partial charge in [0.1, 0.15) is 7.26 Å². The molecule has 0 spiro atoms. The van der Waals surface area contributed by atoms with E-state index in [4.69, 9.17) is 25.0 Å². The predicted octanol–water partition coefficient (Wildman–Crippen LogP) is -1.69. The van der Waals surface area contributed by atoms with Crippen molar-refractivity contribution in [1.29, 1.82) is 0 Å². The first kappa shape index (κ1) is 16.6. The SMILES string of the molecule is CS(=O)(=O)O.OC[P+](CO)(CO)CO. The van der Waals surface area contributed by atoms with Gasteiger partial charge in [-0.1, -0.05) is 0 Å². The smallest absolute Gasteiger partial charge is 0.261 e. The first-order chi connectivity index (χ1) is 6.24. The third-order valence-electron chi connectivity index (χ3n) is 1.20. The van der Waals surface area contributed by atoms with Crippen LogP contribution >= 0.6 is 7.26 Å². The fourth-order valence-electron chi connectivity index (χ4n) is 0.268. The van der Waals surface area contributed by atoms with E-state index in [1.165, 1.54) is 0 Å². The van der Waals surface area contributed by atoms with Crippen LogP contribution in [0.4, 0.5) is 0 Å². The topological polar surface area (TPSA) is 135 Å². The molecule has 0 fully saturated rings. The Bertz CT molecular complexity index is 197. The summed E-state index contributed by atoms with van der Waals surface area (Å²) in [5.41, 5.74) is 0. The van der Waals surface area contributed by atoms with Crippen LogP contribution < -0.4 is 0 Å². The van der Waals surface area contributed by atoms with Crippen LogP contribution in [0.3, 0.4) is 0 Å². The molecule has 0 bridgehead atoms. The Morgan fingerprint density at radius 2 is 1.07 bits per heavy atom. The Morgan fingerprint density at radius 1 is 0.929 bits per heavy atom. The van der Waals surface area contributed by atoms with Crippen LogP contribution in [0.25, 0.3) is 0 Å². The minimum Gasteiger partial charge on any atom is -0.361 e. The molecule has 9 heteroatoms. The zero-order valence-corrected chi connectivity index (χ0v) is 9.45. The van der Waals surface area contributed by atoms with E-state index in [1.54, 1.807) is 0 Å². The molecule has 0 aliphatic heterocycles. The molecule has 0 radical (unpaired) electrons. The quantitative estimate of drug-likeness (QED) is 0.297. The number of hydrogen-bond donors (Lipinski definition) is 5. The Labute approximate surface area is 83.1 Å². The molecule has 88 valence electrons. The lowest BCUT2D eigenvalue weighted by Crippen LogP contribution is -2.10. The summed E-state index contributed by atoms with van der Waals surface area (Å²) in [6.07, 6.45) is -0.465. The molecule has 0 aliphatic carbocycles. The van der Waals surface area contributed by atoms with Gasteiger partial charge in [0.15, 0.2) is 25.4 Å². The lowest BCUT2D eigenvalue weighted by Gasteiger charge is -2.15. The summed E-state index contributed by atoms with van der Waals surface area (Å²) in [5, 5.41) is 34.2. The van der Waals surface area contributed by atoms with E-state index in [0.717, 1.165) is 0 Å². The summed E-state index contributed by atoms with van der Waals surface area (Å²) >= 11 is 0. The monoisotopic (exact) mass is 251 g/mol. The fraction of sp³-hybridized carbons (Fsp3) is 1.00. The van der Waals surface area contributed by atoms with Crippen LogP contribution in [0.15, 0.2) is 0 Å². The molecule has 0 unspecified atom stereocenters. The summed E-state index contributed by atoms with van der Waals surface area (Å²) in [4.78, 5) is 0. The van der Waals surface area contributed by atoms with Gasteiger partial charge in [-0.25, -0.2) is 0 Å². The maximum Gasteiger partial charge on any atom is 0.261 e. The Kier molecular flexibility index (Phi) is 8.86. The van der Waals surface area contributed by atoms with Gasteiger partial charge in [-0.3, -0.25) is 4.55 Å². The molecule has 0 heterocycles. The van der Waals surface area contributed by atoms with Gasteiger partial charge in [0, 0.05) is 0 Å². The van der Waals surface area contributed by atoms with E-state index in [1.807, 2.05) is 0 Å². The Balaban J connectivity index is 0. The molecule has 0 atom stereocenters. The minimum atomic E-state index is -3.67. The largest absolute Gasteiger partial charge is 0.361 e. The molecule has 5 N–H and O–H groups in total. The second kappa shape index (κ2) is 7.47. The molecule has 0 aromatic heterocycles. The van der Waals surface area contributed by atoms with Gasteiger partial charge in [-0.2, -0.15) is 8.42 Å². The average molecular weight is 251 g/mol. The first-order valence-corrected chi connectivity index (χ1v) is 7.83. The van der Waals surface area contributed by atoms with E-state index in [-0.39, 0.29) is 25.4 Å². The Hall–Kier alpha value is 0.180. The van der Waals surface area contributed by atoms with Crippen LogP contribution in [0.1, 0.15) is 0 Å². The lowest BCUT2D eigenvalue weighted by atomic mass is 11.6. The zero-order valence-electron chi connectivity index (χ0n) is 7.74. The highest BCUT2D eigenvalue weighted by atomic mass is 32.2. The molecule has 14 heavy (non-hydrogen) atoms. The molecule has 0 aromatic carbocycles.